The largest absolute Gasteiger partial charge is 0.309 e. The van der Waals surface area contributed by atoms with Crippen LogP contribution in [-0.2, 0) is 4.57 Å². The molecule has 3 heterocycles. The minimum absolute atomic E-state index is 0.715. The van der Waals surface area contributed by atoms with Gasteiger partial charge in [-0.15, -0.1) is 0 Å². The molecule has 0 aliphatic heterocycles. The fourth-order valence-electron chi connectivity index (χ4n) is 5.93. The normalized spacial score (nSPS) is 12.0. The smallest absolute Gasteiger partial charge is 0.172 e. The Kier molecular flexibility index (Phi) is 5.38. The van der Waals surface area contributed by atoms with Gasteiger partial charge in [0.05, 0.1) is 22.2 Å². The monoisotopic (exact) mass is 545 g/mol. The molecular formula is C36H24N3OP. The molecular weight excluding hydrogens is 521 g/mol. The summed E-state index contributed by atoms with van der Waals surface area (Å²) in [7, 11) is -3.08. The first-order valence-corrected chi connectivity index (χ1v) is 15.3. The number of aromatic nitrogens is 3. The lowest BCUT2D eigenvalue weighted by atomic mass is 10.1. The van der Waals surface area contributed by atoms with Crippen molar-refractivity contribution in [1.82, 2.24) is 14.4 Å². The van der Waals surface area contributed by atoms with E-state index in [4.69, 9.17) is 9.97 Å². The number of para-hydroxylation sites is 1. The zero-order valence-electron chi connectivity index (χ0n) is 22.1. The number of benzene rings is 5. The van der Waals surface area contributed by atoms with Gasteiger partial charge in [0.2, 0.25) is 0 Å². The summed E-state index contributed by atoms with van der Waals surface area (Å²) in [5, 5.41) is 5.83. The van der Waals surface area contributed by atoms with Crippen molar-refractivity contribution >= 4 is 61.4 Å². The van der Waals surface area contributed by atoms with E-state index < -0.39 is 7.14 Å². The Balaban J connectivity index is 1.30. The van der Waals surface area contributed by atoms with Crippen molar-refractivity contribution in [3.05, 3.63) is 146 Å². The van der Waals surface area contributed by atoms with Gasteiger partial charge in [0.1, 0.15) is 5.65 Å². The molecule has 0 spiro atoms. The minimum atomic E-state index is -3.08. The van der Waals surface area contributed by atoms with Gasteiger partial charge < -0.3 is 4.57 Å². The van der Waals surface area contributed by atoms with Crippen LogP contribution in [0.1, 0.15) is 0 Å². The molecule has 194 valence electrons. The average molecular weight is 546 g/mol. The molecule has 0 saturated carbocycles. The third-order valence-electron chi connectivity index (χ3n) is 7.90. The van der Waals surface area contributed by atoms with E-state index in [1.54, 1.807) is 6.20 Å². The molecule has 0 bridgehead atoms. The lowest BCUT2D eigenvalue weighted by molar-refractivity contribution is 0.592. The first-order chi connectivity index (χ1) is 20.2. The Morgan fingerprint density at radius 1 is 0.537 bits per heavy atom. The van der Waals surface area contributed by atoms with Crippen LogP contribution >= 0.6 is 7.14 Å². The van der Waals surface area contributed by atoms with Crippen molar-refractivity contribution in [2.45, 2.75) is 0 Å². The van der Waals surface area contributed by atoms with Crippen molar-refractivity contribution in [3.63, 3.8) is 0 Å². The standard InChI is InChI=1S/C36H24N3OP/c40-41(26-11-3-1-4-12-26,27-13-5-2-6-14-27)28-20-22-32(37-24-28)25-19-21-33-35(23-25)39-34-18-10-9-16-30(34)29-15-7-8-17-31(29)36(39)38-33/h1-24H. The fourth-order valence-corrected chi connectivity index (χ4v) is 8.52. The summed E-state index contributed by atoms with van der Waals surface area (Å²) >= 11 is 0. The van der Waals surface area contributed by atoms with Gasteiger partial charge in [0.15, 0.2) is 7.14 Å². The van der Waals surface area contributed by atoms with E-state index in [9.17, 15) is 4.57 Å². The van der Waals surface area contributed by atoms with Gasteiger partial charge >= 0.3 is 0 Å². The summed E-state index contributed by atoms with van der Waals surface area (Å²) in [4.78, 5) is 9.90. The van der Waals surface area contributed by atoms with Crippen LogP contribution in [0.2, 0.25) is 0 Å². The van der Waals surface area contributed by atoms with Crippen LogP contribution in [0.3, 0.4) is 0 Å². The molecule has 0 aliphatic carbocycles. The van der Waals surface area contributed by atoms with Crippen LogP contribution in [0.5, 0.6) is 0 Å². The molecule has 0 fully saturated rings. The average Bonchev–Trinajstić information content (AvgIpc) is 3.45. The first kappa shape index (κ1) is 23.8. The minimum Gasteiger partial charge on any atom is -0.309 e. The molecule has 8 rings (SSSR count). The van der Waals surface area contributed by atoms with Crippen LogP contribution < -0.4 is 15.9 Å². The molecule has 0 unspecified atom stereocenters. The van der Waals surface area contributed by atoms with E-state index >= 15 is 0 Å². The van der Waals surface area contributed by atoms with Crippen molar-refractivity contribution in [2.24, 2.45) is 0 Å². The Bertz CT molecular complexity index is 2230. The Hall–Kier alpha value is -5.05. The van der Waals surface area contributed by atoms with E-state index in [-0.39, 0.29) is 0 Å². The molecule has 0 amide bonds. The van der Waals surface area contributed by atoms with E-state index in [0.717, 1.165) is 49.4 Å². The lowest BCUT2D eigenvalue weighted by Gasteiger charge is -2.19. The molecule has 5 aromatic carbocycles. The maximum atomic E-state index is 14.7. The number of rotatable bonds is 4. The Morgan fingerprint density at radius 2 is 1.17 bits per heavy atom. The van der Waals surface area contributed by atoms with Crippen LogP contribution in [0.4, 0.5) is 0 Å². The highest BCUT2D eigenvalue weighted by atomic mass is 31.2. The second-order valence-electron chi connectivity index (χ2n) is 10.2. The molecule has 0 N–H and O–H groups in total. The van der Waals surface area contributed by atoms with Gasteiger partial charge in [-0.1, -0.05) is 109 Å². The highest BCUT2D eigenvalue weighted by Crippen LogP contribution is 2.42. The topological polar surface area (TPSA) is 47.3 Å². The zero-order valence-corrected chi connectivity index (χ0v) is 22.9. The Labute approximate surface area is 236 Å². The van der Waals surface area contributed by atoms with Gasteiger partial charge in [-0.25, -0.2) is 4.98 Å². The number of hydrogen-bond donors (Lipinski definition) is 0. The molecule has 41 heavy (non-hydrogen) atoms. The molecule has 0 aliphatic rings. The maximum absolute atomic E-state index is 14.7. The third-order valence-corrected chi connectivity index (χ3v) is 10.9. The summed E-state index contributed by atoms with van der Waals surface area (Å²) in [6.45, 7) is 0. The van der Waals surface area contributed by atoms with Gasteiger partial charge in [-0.3, -0.25) is 9.38 Å². The van der Waals surface area contributed by atoms with E-state index in [2.05, 4.69) is 71.1 Å². The number of hydrogen-bond acceptors (Lipinski definition) is 3. The lowest BCUT2D eigenvalue weighted by Crippen LogP contribution is -2.25. The predicted molar refractivity (Wildman–Crippen MR) is 170 cm³/mol. The molecule has 0 radical (unpaired) electrons. The van der Waals surface area contributed by atoms with E-state index in [1.165, 1.54) is 10.8 Å². The van der Waals surface area contributed by atoms with Crippen LogP contribution in [0.15, 0.2) is 146 Å². The molecule has 5 heteroatoms. The second kappa shape index (κ2) is 9.26. The van der Waals surface area contributed by atoms with Crippen molar-refractivity contribution in [3.8, 4) is 11.3 Å². The molecule has 8 aromatic rings. The van der Waals surface area contributed by atoms with Gasteiger partial charge in [0, 0.05) is 38.4 Å². The van der Waals surface area contributed by atoms with E-state index in [1.807, 2.05) is 72.8 Å². The predicted octanol–water partition coefficient (Wildman–Crippen LogP) is 7.50. The number of nitrogens with zero attached hydrogens (tertiary/aromatic N) is 3. The summed E-state index contributed by atoms with van der Waals surface area (Å²) in [6, 6.07) is 46.6. The molecule has 4 nitrogen and oxygen atoms in total. The van der Waals surface area contributed by atoms with Crippen molar-refractivity contribution in [1.29, 1.82) is 0 Å². The summed E-state index contributed by atoms with van der Waals surface area (Å²) in [5.74, 6) is 0. The SMILES string of the molecule is O=P(c1ccccc1)(c1ccccc1)c1ccc(-c2ccc3nc4c5ccccc5c5ccccc5n4c3c2)nc1. The highest BCUT2D eigenvalue weighted by molar-refractivity contribution is 7.85. The summed E-state index contributed by atoms with van der Waals surface area (Å²) in [6.07, 6.45) is 1.78. The van der Waals surface area contributed by atoms with Gasteiger partial charge in [0.25, 0.3) is 0 Å². The fraction of sp³-hybridized carbons (Fsp3) is 0. The van der Waals surface area contributed by atoms with Crippen LogP contribution in [0, 0.1) is 0 Å². The highest BCUT2D eigenvalue weighted by Gasteiger charge is 2.30. The summed E-state index contributed by atoms with van der Waals surface area (Å²) in [5.41, 5.74) is 5.84. The molecule has 3 aromatic heterocycles. The number of imidazole rings is 1. The third kappa shape index (κ3) is 3.65. The molecule has 0 atom stereocenters. The first-order valence-electron chi connectivity index (χ1n) is 13.6. The maximum Gasteiger partial charge on any atom is 0.172 e. The van der Waals surface area contributed by atoms with Crippen LogP contribution in [-0.4, -0.2) is 14.4 Å². The second-order valence-corrected chi connectivity index (χ2v) is 13.0. The van der Waals surface area contributed by atoms with Crippen LogP contribution in [0.25, 0.3) is 49.6 Å². The van der Waals surface area contributed by atoms with Gasteiger partial charge in [-0.2, -0.15) is 0 Å². The summed E-state index contributed by atoms with van der Waals surface area (Å²) < 4.78 is 17.0. The van der Waals surface area contributed by atoms with Gasteiger partial charge in [-0.05, 0) is 35.7 Å². The molecule has 0 saturated heterocycles. The zero-order chi connectivity index (χ0) is 27.4. The number of pyridine rings is 2. The van der Waals surface area contributed by atoms with Crippen molar-refractivity contribution < 1.29 is 4.57 Å². The quantitative estimate of drug-likeness (QED) is 0.170. The number of fused-ring (bicyclic) bond motifs is 8. The van der Waals surface area contributed by atoms with Crippen molar-refractivity contribution in [2.75, 3.05) is 0 Å². The Morgan fingerprint density at radius 3 is 1.85 bits per heavy atom. The van der Waals surface area contributed by atoms with E-state index in [0.29, 0.717) is 5.30 Å².